The number of sulfone groups is 1. The van der Waals surface area contributed by atoms with Crippen LogP contribution in [0.5, 0.6) is 0 Å². The number of alkyl halides is 3. The molecular formula is C12H12F3NO3S. The van der Waals surface area contributed by atoms with Crippen molar-refractivity contribution in [3.63, 3.8) is 0 Å². The van der Waals surface area contributed by atoms with Gasteiger partial charge in [0.15, 0.2) is 9.84 Å². The summed E-state index contributed by atoms with van der Waals surface area (Å²) < 4.78 is 60.5. The van der Waals surface area contributed by atoms with Crippen LogP contribution in [0.2, 0.25) is 0 Å². The number of benzene rings is 1. The second-order valence-electron chi connectivity index (χ2n) is 4.53. The van der Waals surface area contributed by atoms with E-state index >= 15 is 0 Å². The molecule has 4 nitrogen and oxygen atoms in total. The van der Waals surface area contributed by atoms with E-state index in [1.54, 1.807) is 5.32 Å². The highest BCUT2D eigenvalue weighted by molar-refractivity contribution is 7.92. The van der Waals surface area contributed by atoms with Crippen molar-refractivity contribution in [3.05, 3.63) is 29.8 Å². The molecule has 0 spiro atoms. The van der Waals surface area contributed by atoms with E-state index in [0.29, 0.717) is 12.8 Å². The fraction of sp³-hybridized carbons (Fsp3) is 0.417. The standard InChI is InChI=1S/C12H12F3NO3S/c13-12(14,15)11(17)16-7-8-3-1-2-4-10(8)20(18,19)9-5-6-9/h1-4,9H,5-7H2,(H,16,17). The molecule has 2 rings (SSSR count). The van der Waals surface area contributed by atoms with Crippen LogP contribution < -0.4 is 5.32 Å². The molecule has 0 unspecified atom stereocenters. The Morgan fingerprint density at radius 3 is 2.40 bits per heavy atom. The molecule has 0 aliphatic heterocycles. The first-order valence-electron chi connectivity index (χ1n) is 5.90. The lowest BCUT2D eigenvalue weighted by Crippen LogP contribution is -2.36. The highest BCUT2D eigenvalue weighted by atomic mass is 32.2. The molecule has 1 aliphatic rings. The predicted octanol–water partition coefficient (Wildman–Crippen LogP) is 1.80. The fourth-order valence-electron chi connectivity index (χ4n) is 1.76. The van der Waals surface area contributed by atoms with E-state index in [1.165, 1.54) is 24.3 Å². The van der Waals surface area contributed by atoms with Crippen LogP contribution in [0.3, 0.4) is 0 Å². The average molecular weight is 307 g/mol. The summed E-state index contributed by atoms with van der Waals surface area (Å²) in [4.78, 5) is 10.8. The summed E-state index contributed by atoms with van der Waals surface area (Å²) in [7, 11) is -3.51. The minimum Gasteiger partial charge on any atom is -0.344 e. The van der Waals surface area contributed by atoms with Gasteiger partial charge in [-0.05, 0) is 24.5 Å². The number of hydrogen-bond acceptors (Lipinski definition) is 3. The molecule has 1 fully saturated rings. The van der Waals surface area contributed by atoms with E-state index in [4.69, 9.17) is 0 Å². The van der Waals surface area contributed by atoms with Gasteiger partial charge in [-0.15, -0.1) is 0 Å². The zero-order valence-electron chi connectivity index (χ0n) is 10.3. The van der Waals surface area contributed by atoms with E-state index in [2.05, 4.69) is 0 Å². The van der Waals surface area contributed by atoms with Gasteiger partial charge in [-0.2, -0.15) is 13.2 Å². The number of halogens is 3. The van der Waals surface area contributed by atoms with Gasteiger partial charge >= 0.3 is 12.1 Å². The molecule has 8 heteroatoms. The lowest BCUT2D eigenvalue weighted by molar-refractivity contribution is -0.173. The highest BCUT2D eigenvalue weighted by Gasteiger charge is 2.40. The molecule has 1 aromatic carbocycles. The third-order valence-corrected chi connectivity index (χ3v) is 5.30. The summed E-state index contributed by atoms with van der Waals surface area (Å²) in [5.41, 5.74) is 0.164. The van der Waals surface area contributed by atoms with E-state index in [0.717, 1.165) is 0 Å². The molecule has 0 heterocycles. The third-order valence-electron chi connectivity index (χ3n) is 2.94. The number of carbonyl (C=O) groups excluding carboxylic acids is 1. The van der Waals surface area contributed by atoms with Crippen LogP contribution in [0, 0.1) is 0 Å². The van der Waals surface area contributed by atoms with Crippen LogP contribution >= 0.6 is 0 Å². The van der Waals surface area contributed by atoms with E-state index < -0.39 is 33.7 Å². The Balaban J connectivity index is 2.19. The lowest BCUT2D eigenvalue weighted by Gasteiger charge is -2.12. The molecule has 1 saturated carbocycles. The zero-order valence-corrected chi connectivity index (χ0v) is 11.1. The van der Waals surface area contributed by atoms with E-state index in [-0.39, 0.29) is 10.5 Å². The SMILES string of the molecule is O=C(NCc1ccccc1S(=O)(=O)C1CC1)C(F)(F)F. The number of carbonyl (C=O) groups is 1. The molecule has 0 bridgehead atoms. The van der Waals surface area contributed by atoms with Crippen LogP contribution in [0.4, 0.5) is 13.2 Å². The van der Waals surface area contributed by atoms with Crippen molar-refractivity contribution in [1.82, 2.24) is 5.32 Å². The largest absolute Gasteiger partial charge is 0.471 e. The Bertz CT molecular complexity index is 621. The van der Waals surface area contributed by atoms with Crippen molar-refractivity contribution >= 4 is 15.7 Å². The molecule has 0 radical (unpaired) electrons. The van der Waals surface area contributed by atoms with Crippen molar-refractivity contribution in [3.8, 4) is 0 Å². The number of nitrogens with one attached hydrogen (secondary N) is 1. The van der Waals surface area contributed by atoms with Crippen molar-refractivity contribution < 1.29 is 26.4 Å². The van der Waals surface area contributed by atoms with Gasteiger partial charge in [0.2, 0.25) is 0 Å². The topological polar surface area (TPSA) is 63.2 Å². The van der Waals surface area contributed by atoms with E-state index in [9.17, 15) is 26.4 Å². The predicted molar refractivity (Wildman–Crippen MR) is 64.6 cm³/mol. The summed E-state index contributed by atoms with van der Waals surface area (Å²) in [6.07, 6.45) is -3.86. The van der Waals surface area contributed by atoms with Crippen LogP contribution in [0.25, 0.3) is 0 Å². The summed E-state index contributed by atoms with van der Waals surface area (Å²) in [6, 6.07) is 5.76. The minimum absolute atomic E-state index is 0.00928. The second-order valence-corrected chi connectivity index (χ2v) is 6.73. The smallest absolute Gasteiger partial charge is 0.344 e. The van der Waals surface area contributed by atoms with Gasteiger partial charge in [0.05, 0.1) is 10.1 Å². The van der Waals surface area contributed by atoms with Crippen LogP contribution in [-0.2, 0) is 21.2 Å². The lowest BCUT2D eigenvalue weighted by atomic mass is 10.2. The molecule has 20 heavy (non-hydrogen) atoms. The minimum atomic E-state index is -4.98. The van der Waals surface area contributed by atoms with Crippen LogP contribution in [-0.4, -0.2) is 25.8 Å². The monoisotopic (exact) mass is 307 g/mol. The van der Waals surface area contributed by atoms with Gasteiger partial charge in [-0.3, -0.25) is 4.79 Å². The normalized spacial score (nSPS) is 15.9. The Morgan fingerprint density at radius 1 is 1.25 bits per heavy atom. The van der Waals surface area contributed by atoms with Crippen molar-refractivity contribution in [2.45, 2.75) is 35.7 Å². The Morgan fingerprint density at radius 2 is 1.85 bits per heavy atom. The van der Waals surface area contributed by atoms with Gasteiger partial charge in [0.1, 0.15) is 0 Å². The maximum absolute atomic E-state index is 12.1. The van der Waals surface area contributed by atoms with Crippen molar-refractivity contribution in [2.24, 2.45) is 0 Å². The van der Waals surface area contributed by atoms with Gasteiger partial charge in [-0.1, -0.05) is 18.2 Å². The van der Waals surface area contributed by atoms with Gasteiger partial charge < -0.3 is 5.32 Å². The summed E-state index contributed by atoms with van der Waals surface area (Å²) in [5.74, 6) is -2.09. The fourth-order valence-corrected chi connectivity index (χ4v) is 3.65. The maximum atomic E-state index is 12.1. The first-order valence-corrected chi connectivity index (χ1v) is 7.44. The molecular weight excluding hydrogens is 295 g/mol. The first kappa shape index (κ1) is 14.8. The number of rotatable bonds is 4. The average Bonchev–Trinajstić information content (AvgIpc) is 3.19. The molecule has 0 saturated heterocycles. The van der Waals surface area contributed by atoms with Crippen LogP contribution in [0.15, 0.2) is 29.2 Å². The van der Waals surface area contributed by atoms with Gasteiger partial charge in [0.25, 0.3) is 0 Å². The Hall–Kier alpha value is -1.57. The first-order chi connectivity index (χ1) is 9.23. The molecule has 1 aliphatic carbocycles. The van der Waals surface area contributed by atoms with Crippen molar-refractivity contribution in [1.29, 1.82) is 0 Å². The maximum Gasteiger partial charge on any atom is 0.471 e. The highest BCUT2D eigenvalue weighted by Crippen LogP contribution is 2.34. The van der Waals surface area contributed by atoms with Crippen LogP contribution in [0.1, 0.15) is 18.4 Å². The molecule has 1 N–H and O–H groups in total. The summed E-state index contributed by atoms with van der Waals surface area (Å²) in [6.45, 7) is -0.472. The summed E-state index contributed by atoms with van der Waals surface area (Å²) in [5, 5.41) is 1.23. The Labute approximate surface area is 113 Å². The quantitative estimate of drug-likeness (QED) is 0.922. The Kier molecular flexibility index (Phi) is 3.77. The zero-order chi connectivity index (χ0) is 15.0. The van der Waals surface area contributed by atoms with Gasteiger partial charge in [-0.25, -0.2) is 8.42 Å². The molecule has 1 amide bonds. The molecule has 1 aromatic rings. The second kappa shape index (κ2) is 5.08. The van der Waals surface area contributed by atoms with Gasteiger partial charge in [0, 0.05) is 6.54 Å². The number of amides is 1. The number of hydrogen-bond donors (Lipinski definition) is 1. The molecule has 110 valence electrons. The molecule has 0 atom stereocenters. The summed E-state index contributed by atoms with van der Waals surface area (Å²) >= 11 is 0. The third kappa shape index (κ3) is 3.12. The molecule has 0 aromatic heterocycles. The van der Waals surface area contributed by atoms with E-state index in [1.807, 2.05) is 0 Å². The van der Waals surface area contributed by atoms with Crippen molar-refractivity contribution in [2.75, 3.05) is 0 Å².